The molecule has 0 amide bonds. The van der Waals surface area contributed by atoms with Crippen LogP contribution in [0.1, 0.15) is 4.88 Å². The molecule has 1 aromatic carbocycles. The Bertz CT molecular complexity index is 714. The van der Waals surface area contributed by atoms with Crippen LogP contribution >= 0.6 is 11.3 Å². The van der Waals surface area contributed by atoms with Crippen LogP contribution in [0.25, 0.3) is 16.2 Å². The van der Waals surface area contributed by atoms with Crippen LogP contribution in [0.15, 0.2) is 30.5 Å². The molecule has 0 saturated carbocycles. The number of methoxy groups -OCH3 is 1. The van der Waals surface area contributed by atoms with E-state index in [1.54, 1.807) is 18.4 Å². The van der Waals surface area contributed by atoms with Crippen molar-refractivity contribution in [3.63, 3.8) is 0 Å². The van der Waals surface area contributed by atoms with Gasteiger partial charge < -0.3 is 10.5 Å². The minimum atomic E-state index is 0.669. The summed E-state index contributed by atoms with van der Waals surface area (Å²) in [5, 5.41) is 0. The minimum absolute atomic E-state index is 0.669. The molecule has 0 aliphatic rings. The molecule has 0 aliphatic heterocycles. The number of ether oxygens (including phenoxy) is 1. The lowest BCUT2D eigenvalue weighted by atomic mass is 10.1. The highest BCUT2D eigenvalue weighted by Crippen LogP contribution is 2.31. The highest BCUT2D eigenvalue weighted by atomic mass is 32.1. The zero-order valence-electron chi connectivity index (χ0n) is 10.2. The fourth-order valence-corrected chi connectivity index (χ4v) is 2.79. The number of hydrogen-bond donors (Lipinski definition) is 1. The van der Waals surface area contributed by atoms with Gasteiger partial charge >= 0.3 is 0 Å². The summed E-state index contributed by atoms with van der Waals surface area (Å²) in [7, 11) is 1.65. The third-order valence-electron chi connectivity index (χ3n) is 2.82. The number of benzene rings is 1. The lowest BCUT2D eigenvalue weighted by Gasteiger charge is -2.02. The van der Waals surface area contributed by atoms with Gasteiger partial charge in [0, 0.05) is 16.6 Å². The van der Waals surface area contributed by atoms with Crippen molar-refractivity contribution >= 4 is 22.1 Å². The molecule has 3 aromatic rings. The van der Waals surface area contributed by atoms with Crippen LogP contribution in [0, 0.1) is 6.92 Å². The van der Waals surface area contributed by atoms with Crippen LogP contribution in [0.2, 0.25) is 0 Å². The highest BCUT2D eigenvalue weighted by Gasteiger charge is 2.13. The largest absolute Gasteiger partial charge is 0.497 e. The summed E-state index contributed by atoms with van der Waals surface area (Å²) in [4.78, 5) is 6.69. The van der Waals surface area contributed by atoms with Crippen LogP contribution in [-0.4, -0.2) is 16.5 Å². The maximum Gasteiger partial charge on any atom is 0.196 e. The smallest absolute Gasteiger partial charge is 0.196 e. The number of aromatic nitrogens is 2. The van der Waals surface area contributed by atoms with Gasteiger partial charge in [-0.2, -0.15) is 0 Å². The molecule has 0 aliphatic carbocycles. The van der Waals surface area contributed by atoms with Gasteiger partial charge in [0.15, 0.2) is 4.96 Å². The Morgan fingerprint density at radius 2 is 2.22 bits per heavy atom. The normalized spacial score (nSPS) is 11.0. The van der Waals surface area contributed by atoms with Crippen LogP contribution in [0.3, 0.4) is 0 Å². The number of nitrogens with two attached hydrogens (primary N) is 1. The van der Waals surface area contributed by atoms with Crippen molar-refractivity contribution in [2.24, 2.45) is 0 Å². The molecule has 5 heteroatoms. The molecular formula is C13H13N3OS. The number of rotatable bonds is 2. The fourth-order valence-electron chi connectivity index (χ4n) is 1.96. The molecule has 0 saturated heterocycles. The molecule has 0 atom stereocenters. The van der Waals surface area contributed by atoms with E-state index in [1.165, 1.54) is 4.88 Å². The average molecular weight is 259 g/mol. The number of hydrogen-bond acceptors (Lipinski definition) is 4. The highest BCUT2D eigenvalue weighted by molar-refractivity contribution is 7.17. The molecular weight excluding hydrogens is 246 g/mol. The minimum Gasteiger partial charge on any atom is -0.497 e. The quantitative estimate of drug-likeness (QED) is 0.769. The fraction of sp³-hybridized carbons (Fsp3) is 0.154. The maximum atomic E-state index is 6.14. The second kappa shape index (κ2) is 4.03. The number of imidazole rings is 1. The summed E-state index contributed by atoms with van der Waals surface area (Å²) in [5.74, 6) is 1.47. The molecule has 18 heavy (non-hydrogen) atoms. The lowest BCUT2D eigenvalue weighted by molar-refractivity contribution is 0.415. The first-order valence-corrected chi connectivity index (χ1v) is 6.39. The van der Waals surface area contributed by atoms with Gasteiger partial charge in [-0.15, -0.1) is 11.3 Å². The predicted molar refractivity (Wildman–Crippen MR) is 74.2 cm³/mol. The van der Waals surface area contributed by atoms with E-state index in [0.29, 0.717) is 5.82 Å². The van der Waals surface area contributed by atoms with Crippen molar-refractivity contribution in [2.75, 3.05) is 12.8 Å². The number of nitrogen functional groups attached to an aromatic ring is 1. The summed E-state index contributed by atoms with van der Waals surface area (Å²) >= 11 is 1.63. The Balaban J connectivity index is 2.18. The second-order valence-corrected chi connectivity index (χ2v) is 5.29. The van der Waals surface area contributed by atoms with Gasteiger partial charge in [0.05, 0.1) is 7.11 Å². The molecule has 0 spiro atoms. The molecule has 3 rings (SSSR count). The van der Waals surface area contributed by atoms with Crippen molar-refractivity contribution in [2.45, 2.75) is 6.92 Å². The van der Waals surface area contributed by atoms with Crippen molar-refractivity contribution in [3.8, 4) is 17.0 Å². The lowest BCUT2D eigenvalue weighted by Crippen LogP contribution is -1.92. The molecule has 0 fully saturated rings. The van der Waals surface area contributed by atoms with Crippen LogP contribution in [0.5, 0.6) is 5.75 Å². The molecule has 0 unspecified atom stereocenters. The van der Waals surface area contributed by atoms with Gasteiger partial charge in [-0.1, -0.05) is 12.1 Å². The molecule has 2 aromatic heterocycles. The first-order valence-electron chi connectivity index (χ1n) is 5.57. The first kappa shape index (κ1) is 11.1. The van der Waals surface area contributed by atoms with Crippen LogP contribution in [0.4, 0.5) is 5.82 Å². The maximum absolute atomic E-state index is 6.14. The zero-order chi connectivity index (χ0) is 12.7. The third-order valence-corrected chi connectivity index (χ3v) is 3.72. The van der Waals surface area contributed by atoms with Crippen molar-refractivity contribution in [1.82, 2.24) is 9.38 Å². The van der Waals surface area contributed by atoms with Gasteiger partial charge in [-0.05, 0) is 19.1 Å². The number of aryl methyl sites for hydroxylation is 1. The van der Waals surface area contributed by atoms with Crippen molar-refractivity contribution in [1.29, 1.82) is 0 Å². The predicted octanol–water partition coefficient (Wildman–Crippen LogP) is 2.96. The van der Waals surface area contributed by atoms with Crippen LogP contribution in [-0.2, 0) is 0 Å². The van der Waals surface area contributed by atoms with Gasteiger partial charge in [-0.25, -0.2) is 4.98 Å². The Morgan fingerprint density at radius 1 is 1.39 bits per heavy atom. The van der Waals surface area contributed by atoms with E-state index in [0.717, 1.165) is 22.0 Å². The summed E-state index contributed by atoms with van der Waals surface area (Å²) in [6, 6.07) is 7.77. The van der Waals surface area contributed by atoms with E-state index in [1.807, 2.05) is 41.8 Å². The van der Waals surface area contributed by atoms with E-state index < -0.39 is 0 Å². The van der Waals surface area contributed by atoms with E-state index >= 15 is 0 Å². The zero-order valence-corrected chi connectivity index (χ0v) is 11.0. The van der Waals surface area contributed by atoms with E-state index in [4.69, 9.17) is 10.5 Å². The molecule has 4 nitrogen and oxygen atoms in total. The Labute approximate surface area is 109 Å². The first-order chi connectivity index (χ1) is 8.69. The number of anilines is 1. The topological polar surface area (TPSA) is 52.5 Å². The van der Waals surface area contributed by atoms with Crippen LogP contribution < -0.4 is 10.5 Å². The van der Waals surface area contributed by atoms with E-state index in [9.17, 15) is 0 Å². The monoisotopic (exact) mass is 259 g/mol. The summed E-state index contributed by atoms with van der Waals surface area (Å²) in [5.41, 5.74) is 7.92. The Hall–Kier alpha value is -2.01. The second-order valence-electron chi connectivity index (χ2n) is 4.07. The molecule has 2 heterocycles. The van der Waals surface area contributed by atoms with E-state index in [-0.39, 0.29) is 0 Å². The third kappa shape index (κ3) is 1.64. The number of nitrogens with zero attached hydrogens (tertiary/aromatic N) is 2. The summed E-state index contributed by atoms with van der Waals surface area (Å²) < 4.78 is 7.14. The van der Waals surface area contributed by atoms with Crippen molar-refractivity contribution < 1.29 is 4.74 Å². The number of fused-ring (bicyclic) bond motifs is 1. The molecule has 92 valence electrons. The molecule has 0 radical (unpaired) electrons. The standard InChI is InChI=1S/C13H13N3OS/c1-8-7-16-12(14)11(15-13(16)18-8)9-4-3-5-10(6-9)17-2/h3-7H,14H2,1-2H3. The SMILES string of the molecule is COc1cccc(-c2nc3sc(C)cn3c2N)c1. The van der Waals surface area contributed by atoms with Crippen molar-refractivity contribution in [3.05, 3.63) is 35.3 Å². The van der Waals surface area contributed by atoms with E-state index in [2.05, 4.69) is 4.98 Å². The number of thiazole rings is 1. The van der Waals surface area contributed by atoms with Gasteiger partial charge in [0.1, 0.15) is 17.3 Å². The van der Waals surface area contributed by atoms with Gasteiger partial charge in [-0.3, -0.25) is 4.40 Å². The van der Waals surface area contributed by atoms with Gasteiger partial charge in [0.25, 0.3) is 0 Å². The Kier molecular flexibility index (Phi) is 2.48. The summed E-state index contributed by atoms with van der Waals surface area (Å²) in [6.45, 7) is 2.05. The van der Waals surface area contributed by atoms with Gasteiger partial charge in [0.2, 0.25) is 0 Å². The average Bonchev–Trinajstić information content (AvgIpc) is 2.88. The Morgan fingerprint density at radius 3 is 2.94 bits per heavy atom. The molecule has 2 N–H and O–H groups in total. The summed E-state index contributed by atoms with van der Waals surface area (Å²) in [6.07, 6.45) is 2.01. The molecule has 0 bridgehead atoms.